The minimum Gasteiger partial charge on any atom is -0.480 e. The highest BCUT2D eigenvalue weighted by Crippen LogP contribution is 2.31. The maximum atomic E-state index is 11.1. The molecule has 1 unspecified atom stereocenters. The number of carboxylic acid groups (broad SMARTS) is 1. The molecule has 3 N–H and O–H groups in total. The normalized spacial score (nSPS) is 25.5. The van der Waals surface area contributed by atoms with Crippen molar-refractivity contribution in [3.05, 3.63) is 23.8 Å². The van der Waals surface area contributed by atoms with Gasteiger partial charge in [0.05, 0.1) is 0 Å². The molecule has 118 valence electrons. The number of carbonyl (C=O) groups is 1. The Hall–Kier alpha value is -1.75. The molecule has 0 radical (unpaired) electrons. The van der Waals surface area contributed by atoms with Crippen molar-refractivity contribution in [3.63, 3.8) is 0 Å². The second kappa shape index (κ2) is 5.47. The zero-order valence-corrected chi connectivity index (χ0v) is 12.7. The van der Waals surface area contributed by atoms with Crippen molar-refractivity contribution in [2.45, 2.75) is 50.2 Å². The van der Waals surface area contributed by atoms with Gasteiger partial charge in [-0.2, -0.15) is 0 Å². The van der Waals surface area contributed by atoms with Crippen LogP contribution in [0.5, 0.6) is 0 Å². The molecule has 1 aliphatic carbocycles. The molecular weight excluding hydrogens is 278 g/mol. The molecule has 1 saturated carbocycles. The van der Waals surface area contributed by atoms with Crippen LogP contribution in [0.2, 0.25) is 0 Å². The van der Waals surface area contributed by atoms with Gasteiger partial charge in [-0.05, 0) is 49.4 Å². The number of hydrogen-bond donors (Lipinski definition) is 3. The molecule has 0 amide bonds. The number of piperidine rings is 1. The molecule has 0 aromatic heterocycles. The Balaban J connectivity index is 1.36. The SMILES string of the molecule is O=C(O)C1Cc2cc(NC3CCN(C4CC4)CC3)ccc2N1. The Morgan fingerprint density at radius 1 is 1.23 bits per heavy atom. The van der Waals surface area contributed by atoms with Gasteiger partial charge in [-0.15, -0.1) is 0 Å². The number of rotatable bonds is 4. The second-order valence-electron chi connectivity index (χ2n) is 6.80. The van der Waals surface area contributed by atoms with Crippen LogP contribution in [-0.2, 0) is 11.2 Å². The van der Waals surface area contributed by atoms with Gasteiger partial charge in [-0.3, -0.25) is 0 Å². The van der Waals surface area contributed by atoms with Crippen molar-refractivity contribution < 1.29 is 9.90 Å². The average Bonchev–Trinajstić information content (AvgIpc) is 3.27. The molecule has 22 heavy (non-hydrogen) atoms. The predicted molar refractivity (Wildman–Crippen MR) is 86.4 cm³/mol. The van der Waals surface area contributed by atoms with E-state index >= 15 is 0 Å². The van der Waals surface area contributed by atoms with Crippen molar-refractivity contribution in [1.82, 2.24) is 4.90 Å². The smallest absolute Gasteiger partial charge is 0.326 e. The number of nitrogens with one attached hydrogen (secondary N) is 2. The molecule has 0 bridgehead atoms. The summed E-state index contributed by atoms with van der Waals surface area (Å²) in [5.74, 6) is -0.779. The molecular formula is C17H23N3O2. The molecule has 3 aliphatic rings. The molecule has 5 heteroatoms. The number of nitrogens with zero attached hydrogens (tertiary/aromatic N) is 1. The van der Waals surface area contributed by atoms with E-state index < -0.39 is 12.0 Å². The van der Waals surface area contributed by atoms with Gasteiger partial charge in [0, 0.05) is 43.0 Å². The number of hydrogen-bond acceptors (Lipinski definition) is 4. The Morgan fingerprint density at radius 2 is 2.00 bits per heavy atom. The lowest BCUT2D eigenvalue weighted by Crippen LogP contribution is -2.40. The van der Waals surface area contributed by atoms with Crippen molar-refractivity contribution in [2.75, 3.05) is 23.7 Å². The first-order chi connectivity index (χ1) is 10.7. The molecule has 4 rings (SSSR count). The van der Waals surface area contributed by atoms with Gasteiger partial charge >= 0.3 is 5.97 Å². The summed E-state index contributed by atoms with van der Waals surface area (Å²) < 4.78 is 0. The maximum Gasteiger partial charge on any atom is 0.326 e. The molecule has 1 saturated heterocycles. The molecule has 5 nitrogen and oxygen atoms in total. The summed E-state index contributed by atoms with van der Waals surface area (Å²) in [7, 11) is 0. The molecule has 2 heterocycles. The molecule has 1 aromatic carbocycles. The number of aliphatic carboxylic acids is 1. The largest absolute Gasteiger partial charge is 0.480 e. The fourth-order valence-corrected chi connectivity index (χ4v) is 3.69. The van der Waals surface area contributed by atoms with Crippen molar-refractivity contribution in [2.24, 2.45) is 0 Å². The van der Waals surface area contributed by atoms with Crippen LogP contribution in [0.1, 0.15) is 31.2 Å². The van der Waals surface area contributed by atoms with Crippen LogP contribution < -0.4 is 10.6 Å². The quantitative estimate of drug-likeness (QED) is 0.795. The van der Waals surface area contributed by atoms with Crippen LogP contribution in [0.15, 0.2) is 18.2 Å². The zero-order valence-electron chi connectivity index (χ0n) is 12.7. The van der Waals surface area contributed by atoms with E-state index in [4.69, 9.17) is 5.11 Å². The fraction of sp³-hybridized carbons (Fsp3) is 0.588. The monoisotopic (exact) mass is 301 g/mol. The van der Waals surface area contributed by atoms with E-state index in [1.54, 1.807) is 0 Å². The van der Waals surface area contributed by atoms with Gasteiger partial charge in [0.25, 0.3) is 0 Å². The van der Waals surface area contributed by atoms with E-state index in [9.17, 15) is 4.79 Å². The van der Waals surface area contributed by atoms with Crippen LogP contribution in [0.25, 0.3) is 0 Å². The lowest BCUT2D eigenvalue weighted by Gasteiger charge is -2.33. The molecule has 0 spiro atoms. The summed E-state index contributed by atoms with van der Waals surface area (Å²) in [6.07, 6.45) is 5.74. The molecule has 2 fully saturated rings. The van der Waals surface area contributed by atoms with E-state index in [-0.39, 0.29) is 0 Å². The second-order valence-corrected chi connectivity index (χ2v) is 6.80. The average molecular weight is 301 g/mol. The van der Waals surface area contributed by atoms with E-state index in [1.807, 2.05) is 6.07 Å². The van der Waals surface area contributed by atoms with Crippen molar-refractivity contribution in [3.8, 4) is 0 Å². The zero-order chi connectivity index (χ0) is 15.1. The van der Waals surface area contributed by atoms with E-state index in [0.29, 0.717) is 12.5 Å². The van der Waals surface area contributed by atoms with E-state index in [2.05, 4.69) is 27.7 Å². The minimum atomic E-state index is -0.779. The summed E-state index contributed by atoms with van der Waals surface area (Å²) in [5.41, 5.74) is 3.19. The molecule has 1 atom stereocenters. The Morgan fingerprint density at radius 3 is 2.68 bits per heavy atom. The first-order valence-corrected chi connectivity index (χ1v) is 8.32. The number of benzene rings is 1. The Kier molecular flexibility index (Phi) is 3.45. The van der Waals surface area contributed by atoms with Gasteiger partial charge in [-0.25, -0.2) is 4.79 Å². The first-order valence-electron chi connectivity index (χ1n) is 8.32. The lowest BCUT2D eigenvalue weighted by molar-refractivity contribution is -0.137. The Labute approximate surface area is 130 Å². The van der Waals surface area contributed by atoms with Crippen LogP contribution >= 0.6 is 0 Å². The predicted octanol–water partition coefficient (Wildman–Crippen LogP) is 2.15. The van der Waals surface area contributed by atoms with Crippen molar-refractivity contribution in [1.29, 1.82) is 0 Å². The lowest BCUT2D eigenvalue weighted by atomic mass is 10.0. The van der Waals surface area contributed by atoms with Gasteiger partial charge in [-0.1, -0.05) is 0 Å². The van der Waals surface area contributed by atoms with Gasteiger partial charge < -0.3 is 20.6 Å². The third kappa shape index (κ3) is 2.77. The summed E-state index contributed by atoms with van der Waals surface area (Å²) in [6.45, 7) is 2.41. The summed E-state index contributed by atoms with van der Waals surface area (Å²) in [5, 5.41) is 15.8. The van der Waals surface area contributed by atoms with Crippen molar-refractivity contribution >= 4 is 17.3 Å². The third-order valence-corrected chi connectivity index (χ3v) is 5.12. The number of anilines is 2. The summed E-state index contributed by atoms with van der Waals surface area (Å²) in [4.78, 5) is 13.7. The van der Waals surface area contributed by atoms with Gasteiger partial charge in [0.2, 0.25) is 0 Å². The molecule has 2 aliphatic heterocycles. The van der Waals surface area contributed by atoms with E-state index in [0.717, 1.165) is 23.0 Å². The third-order valence-electron chi connectivity index (χ3n) is 5.12. The minimum absolute atomic E-state index is 0.480. The topological polar surface area (TPSA) is 64.6 Å². The maximum absolute atomic E-state index is 11.1. The first kappa shape index (κ1) is 13.9. The van der Waals surface area contributed by atoms with Gasteiger partial charge in [0.15, 0.2) is 0 Å². The number of likely N-dealkylation sites (tertiary alicyclic amines) is 1. The van der Waals surface area contributed by atoms with Crippen LogP contribution in [0.3, 0.4) is 0 Å². The Bertz CT molecular complexity index is 577. The highest BCUT2D eigenvalue weighted by molar-refractivity contribution is 5.81. The highest BCUT2D eigenvalue weighted by atomic mass is 16.4. The number of carboxylic acids is 1. The van der Waals surface area contributed by atoms with Crippen LogP contribution in [0.4, 0.5) is 11.4 Å². The van der Waals surface area contributed by atoms with Crippen LogP contribution in [0, 0.1) is 0 Å². The summed E-state index contributed by atoms with van der Waals surface area (Å²) in [6, 6.07) is 7.10. The van der Waals surface area contributed by atoms with Crippen LogP contribution in [-0.4, -0.2) is 47.2 Å². The van der Waals surface area contributed by atoms with E-state index in [1.165, 1.54) is 38.8 Å². The summed E-state index contributed by atoms with van der Waals surface area (Å²) >= 11 is 0. The van der Waals surface area contributed by atoms with Gasteiger partial charge in [0.1, 0.15) is 6.04 Å². The highest BCUT2D eigenvalue weighted by Gasteiger charge is 2.32. The fourth-order valence-electron chi connectivity index (χ4n) is 3.69. The standard InChI is InChI=1S/C17H23N3O2/c21-17(22)16-10-11-9-13(1-4-15(11)19-16)18-12-5-7-20(8-6-12)14-2-3-14/h1,4,9,12,14,16,18-19H,2-3,5-8,10H2,(H,21,22). The number of fused-ring (bicyclic) bond motifs is 1. The molecule has 1 aromatic rings.